The number of allylic oxidation sites excluding steroid dienone is 1. The quantitative estimate of drug-likeness (QED) is 0.314. The summed E-state index contributed by atoms with van der Waals surface area (Å²) < 4.78 is 1.69. The Kier molecular flexibility index (Phi) is 4.92. The van der Waals surface area contributed by atoms with Gasteiger partial charge in [-0.25, -0.2) is 4.98 Å². The normalized spacial score (nSPS) is 11.0. The van der Waals surface area contributed by atoms with E-state index >= 15 is 0 Å². The number of fused-ring (bicyclic) bond motifs is 1. The van der Waals surface area contributed by atoms with Crippen LogP contribution in [0.25, 0.3) is 10.9 Å². The number of H-pyrrole nitrogens is 1. The first kappa shape index (κ1) is 15.6. The van der Waals surface area contributed by atoms with Crippen molar-refractivity contribution in [2.24, 2.45) is 0 Å². The Bertz CT molecular complexity index is 855. The van der Waals surface area contributed by atoms with Gasteiger partial charge in [0.1, 0.15) is 0 Å². The molecule has 0 aliphatic heterocycles. The second-order valence-electron chi connectivity index (χ2n) is 5.17. The summed E-state index contributed by atoms with van der Waals surface area (Å²) in [4.78, 5) is 17.3. The van der Waals surface area contributed by atoms with Crippen molar-refractivity contribution in [3.05, 3.63) is 65.2 Å². The Morgan fingerprint density at radius 2 is 2.22 bits per heavy atom. The Hall–Kier alpha value is -2.34. The molecular formula is C17H18N4OS. The van der Waals surface area contributed by atoms with Crippen LogP contribution in [-0.4, -0.2) is 25.5 Å². The van der Waals surface area contributed by atoms with Crippen LogP contribution in [0, 0.1) is 0 Å². The molecule has 0 bridgehead atoms. The number of nitrogens with zero attached hydrogens (tertiary/aromatic N) is 3. The monoisotopic (exact) mass is 326 g/mol. The lowest BCUT2D eigenvalue weighted by Crippen LogP contribution is -2.22. The van der Waals surface area contributed by atoms with Crippen LogP contribution in [0.2, 0.25) is 0 Å². The average Bonchev–Trinajstić information content (AvgIpc) is 3.08. The van der Waals surface area contributed by atoms with Crippen LogP contribution in [0.4, 0.5) is 0 Å². The van der Waals surface area contributed by atoms with Crippen LogP contribution in [0.3, 0.4) is 0 Å². The Balaban J connectivity index is 1.79. The van der Waals surface area contributed by atoms with Gasteiger partial charge < -0.3 is 0 Å². The van der Waals surface area contributed by atoms with Crippen molar-refractivity contribution in [1.29, 1.82) is 0 Å². The zero-order chi connectivity index (χ0) is 16.1. The van der Waals surface area contributed by atoms with E-state index in [2.05, 4.69) is 21.8 Å². The molecule has 118 valence electrons. The molecule has 23 heavy (non-hydrogen) atoms. The summed E-state index contributed by atoms with van der Waals surface area (Å²) in [6.45, 7) is 4.21. The second kappa shape index (κ2) is 7.28. The first-order valence-electron chi connectivity index (χ1n) is 7.50. The standard InChI is InChI=1S/C17H18N4OS/c1-2-9-21-16(22)14-7-3-4-8-15(14)20-17(21)23-10-5-6-13-11-18-19-12-13/h2-4,7-8,11-12H,1,5-6,9-10H2,(H,18,19). The van der Waals surface area contributed by atoms with E-state index in [0.717, 1.165) is 29.3 Å². The van der Waals surface area contributed by atoms with E-state index in [4.69, 9.17) is 0 Å². The molecule has 2 heterocycles. The van der Waals surface area contributed by atoms with E-state index in [-0.39, 0.29) is 5.56 Å². The van der Waals surface area contributed by atoms with Gasteiger partial charge in [-0.15, -0.1) is 6.58 Å². The lowest BCUT2D eigenvalue weighted by Gasteiger charge is -2.11. The molecule has 0 atom stereocenters. The summed E-state index contributed by atoms with van der Waals surface area (Å²) in [5.41, 5.74) is 1.93. The van der Waals surface area contributed by atoms with E-state index < -0.39 is 0 Å². The summed E-state index contributed by atoms with van der Waals surface area (Å²) in [5, 5.41) is 8.16. The molecule has 3 aromatic rings. The largest absolute Gasteiger partial charge is 0.285 e. The third kappa shape index (κ3) is 3.53. The molecule has 5 nitrogen and oxygen atoms in total. The predicted octanol–water partition coefficient (Wildman–Crippen LogP) is 3.03. The van der Waals surface area contributed by atoms with Crippen LogP contribution in [0.5, 0.6) is 0 Å². The van der Waals surface area contributed by atoms with E-state index in [9.17, 15) is 4.79 Å². The topological polar surface area (TPSA) is 63.6 Å². The first-order valence-corrected chi connectivity index (χ1v) is 8.49. The van der Waals surface area contributed by atoms with Gasteiger partial charge in [0.05, 0.1) is 17.1 Å². The van der Waals surface area contributed by atoms with Crippen molar-refractivity contribution in [3.8, 4) is 0 Å². The van der Waals surface area contributed by atoms with Crippen molar-refractivity contribution in [3.63, 3.8) is 0 Å². The molecule has 1 N–H and O–H groups in total. The molecule has 0 radical (unpaired) electrons. The van der Waals surface area contributed by atoms with Gasteiger partial charge in [0.2, 0.25) is 0 Å². The lowest BCUT2D eigenvalue weighted by molar-refractivity contribution is 0.671. The maximum atomic E-state index is 12.6. The number of hydrogen-bond donors (Lipinski definition) is 1. The molecule has 2 aromatic heterocycles. The summed E-state index contributed by atoms with van der Waals surface area (Å²) >= 11 is 1.61. The number of para-hydroxylation sites is 1. The predicted molar refractivity (Wildman–Crippen MR) is 93.8 cm³/mol. The summed E-state index contributed by atoms with van der Waals surface area (Å²) in [6.07, 6.45) is 7.44. The SMILES string of the molecule is C=CCn1c(SCCCc2cn[nH]c2)nc2ccccc2c1=O. The fraction of sp³-hybridized carbons (Fsp3) is 0.235. The molecule has 0 saturated heterocycles. The smallest absolute Gasteiger partial charge is 0.262 e. The molecule has 0 spiro atoms. The molecule has 3 rings (SSSR count). The van der Waals surface area contributed by atoms with Gasteiger partial charge in [-0.2, -0.15) is 5.10 Å². The van der Waals surface area contributed by atoms with E-state index in [1.807, 2.05) is 36.7 Å². The first-order chi connectivity index (χ1) is 11.3. The molecule has 0 fully saturated rings. The fourth-order valence-electron chi connectivity index (χ4n) is 2.40. The highest BCUT2D eigenvalue weighted by Crippen LogP contribution is 2.19. The van der Waals surface area contributed by atoms with E-state index in [1.54, 1.807) is 22.4 Å². The highest BCUT2D eigenvalue weighted by atomic mass is 32.2. The van der Waals surface area contributed by atoms with Gasteiger partial charge in [0.25, 0.3) is 5.56 Å². The minimum absolute atomic E-state index is 0.00663. The van der Waals surface area contributed by atoms with Crippen LogP contribution in [-0.2, 0) is 13.0 Å². The minimum Gasteiger partial charge on any atom is -0.285 e. The number of aromatic amines is 1. The van der Waals surface area contributed by atoms with Gasteiger partial charge in [0.15, 0.2) is 5.16 Å². The van der Waals surface area contributed by atoms with Crippen LogP contribution in [0.15, 0.2) is 59.3 Å². The molecule has 0 unspecified atom stereocenters. The van der Waals surface area contributed by atoms with Crippen molar-refractivity contribution in [2.45, 2.75) is 24.5 Å². The Morgan fingerprint density at radius 3 is 3.00 bits per heavy atom. The highest BCUT2D eigenvalue weighted by molar-refractivity contribution is 7.99. The molecule has 6 heteroatoms. The van der Waals surface area contributed by atoms with Gasteiger partial charge in [0, 0.05) is 18.5 Å². The zero-order valence-corrected chi connectivity index (χ0v) is 13.6. The minimum atomic E-state index is -0.00663. The number of aromatic nitrogens is 4. The van der Waals surface area contributed by atoms with Crippen molar-refractivity contribution < 1.29 is 0 Å². The molecule has 0 saturated carbocycles. The van der Waals surface area contributed by atoms with Gasteiger partial charge in [-0.05, 0) is 30.5 Å². The third-order valence-corrected chi connectivity index (χ3v) is 4.60. The number of hydrogen-bond acceptors (Lipinski definition) is 4. The highest BCUT2D eigenvalue weighted by Gasteiger charge is 2.10. The third-order valence-electron chi connectivity index (χ3n) is 3.53. The number of rotatable bonds is 7. The van der Waals surface area contributed by atoms with Crippen molar-refractivity contribution in [2.75, 3.05) is 5.75 Å². The van der Waals surface area contributed by atoms with Crippen LogP contribution in [0.1, 0.15) is 12.0 Å². The summed E-state index contributed by atoms with van der Waals surface area (Å²) in [7, 11) is 0. The van der Waals surface area contributed by atoms with Gasteiger partial charge >= 0.3 is 0 Å². The summed E-state index contributed by atoms with van der Waals surface area (Å²) in [6, 6.07) is 7.46. The number of benzene rings is 1. The zero-order valence-electron chi connectivity index (χ0n) is 12.7. The van der Waals surface area contributed by atoms with Gasteiger partial charge in [-0.1, -0.05) is 30.0 Å². The maximum absolute atomic E-state index is 12.6. The van der Waals surface area contributed by atoms with Gasteiger partial charge in [-0.3, -0.25) is 14.5 Å². The molecular weight excluding hydrogens is 308 g/mol. The molecule has 0 aliphatic carbocycles. The number of nitrogens with one attached hydrogen (secondary N) is 1. The van der Waals surface area contributed by atoms with E-state index in [1.165, 1.54) is 5.56 Å². The number of aryl methyl sites for hydroxylation is 1. The fourth-order valence-corrected chi connectivity index (χ4v) is 3.35. The van der Waals surface area contributed by atoms with Crippen molar-refractivity contribution >= 4 is 22.7 Å². The Labute approximate surface area is 138 Å². The summed E-state index contributed by atoms with van der Waals surface area (Å²) in [5.74, 6) is 0.896. The maximum Gasteiger partial charge on any atom is 0.262 e. The molecule has 1 aromatic carbocycles. The lowest BCUT2D eigenvalue weighted by atomic mass is 10.2. The Morgan fingerprint density at radius 1 is 1.35 bits per heavy atom. The second-order valence-corrected chi connectivity index (χ2v) is 6.24. The van der Waals surface area contributed by atoms with Crippen LogP contribution < -0.4 is 5.56 Å². The van der Waals surface area contributed by atoms with Crippen molar-refractivity contribution in [1.82, 2.24) is 19.7 Å². The van der Waals surface area contributed by atoms with E-state index in [0.29, 0.717) is 11.9 Å². The number of thioether (sulfide) groups is 1. The molecule has 0 amide bonds. The molecule has 0 aliphatic rings. The average molecular weight is 326 g/mol. The van der Waals surface area contributed by atoms with Crippen LogP contribution >= 0.6 is 11.8 Å².